The van der Waals surface area contributed by atoms with Gasteiger partial charge in [0.2, 0.25) is 0 Å². The monoisotopic (exact) mass is 310 g/mol. The molecule has 2 N–H and O–H groups in total. The van der Waals surface area contributed by atoms with Crippen LogP contribution in [0.5, 0.6) is 0 Å². The fourth-order valence-electron chi connectivity index (χ4n) is 2.23. The van der Waals surface area contributed by atoms with E-state index in [0.717, 1.165) is 5.56 Å². The Morgan fingerprint density at radius 3 is 2.61 bits per heavy atom. The molecular weight excluding hydrogens is 295 g/mol. The molecule has 0 atom stereocenters. The standard InChI is InChI=1S/C17H15FN4O/c18-14-8-13(12-22-6-1-2-7-22)9-16(10-14)21-17(23)20-15-4-3-5-19-11-15/h1-11H,12H2,(H2,20,21,23). The first-order valence-corrected chi connectivity index (χ1v) is 7.07. The van der Waals surface area contributed by atoms with E-state index in [2.05, 4.69) is 15.6 Å². The number of anilines is 2. The summed E-state index contributed by atoms with van der Waals surface area (Å²) >= 11 is 0. The molecule has 0 bridgehead atoms. The Bertz CT molecular complexity index is 788. The van der Waals surface area contributed by atoms with Crippen LogP contribution in [0.25, 0.3) is 0 Å². The third-order valence-electron chi connectivity index (χ3n) is 3.17. The second-order valence-corrected chi connectivity index (χ2v) is 5.02. The number of hydrogen-bond acceptors (Lipinski definition) is 2. The average Bonchev–Trinajstić information content (AvgIpc) is 3.00. The summed E-state index contributed by atoms with van der Waals surface area (Å²) in [6.45, 7) is 0.531. The highest BCUT2D eigenvalue weighted by Crippen LogP contribution is 2.16. The lowest BCUT2D eigenvalue weighted by atomic mass is 10.2. The maximum absolute atomic E-state index is 13.7. The first-order valence-electron chi connectivity index (χ1n) is 7.07. The molecule has 0 aliphatic carbocycles. The molecule has 23 heavy (non-hydrogen) atoms. The number of benzene rings is 1. The fraction of sp³-hybridized carbons (Fsp3) is 0.0588. The van der Waals surface area contributed by atoms with Crippen molar-refractivity contribution in [3.8, 4) is 0 Å². The summed E-state index contributed by atoms with van der Waals surface area (Å²) < 4.78 is 15.7. The predicted octanol–water partition coefficient (Wildman–Crippen LogP) is 3.71. The Labute approximate surface area is 132 Å². The van der Waals surface area contributed by atoms with Crippen LogP contribution in [0.1, 0.15) is 5.56 Å². The first-order chi connectivity index (χ1) is 11.2. The number of amides is 2. The zero-order chi connectivity index (χ0) is 16.1. The number of urea groups is 1. The number of aromatic nitrogens is 2. The van der Waals surface area contributed by atoms with Crippen LogP contribution in [0.15, 0.2) is 67.3 Å². The molecule has 0 spiro atoms. The molecule has 0 fully saturated rings. The van der Waals surface area contributed by atoms with Crippen molar-refractivity contribution >= 4 is 17.4 Å². The van der Waals surface area contributed by atoms with Gasteiger partial charge in [-0.25, -0.2) is 9.18 Å². The molecule has 2 amide bonds. The Hall–Kier alpha value is -3.15. The minimum absolute atomic E-state index is 0.397. The van der Waals surface area contributed by atoms with Crippen molar-refractivity contribution in [3.05, 3.63) is 78.6 Å². The van der Waals surface area contributed by atoms with Gasteiger partial charge in [0.15, 0.2) is 0 Å². The molecule has 2 heterocycles. The van der Waals surface area contributed by atoms with Crippen molar-refractivity contribution in [2.75, 3.05) is 10.6 Å². The molecule has 6 heteroatoms. The van der Waals surface area contributed by atoms with Gasteiger partial charge in [-0.15, -0.1) is 0 Å². The van der Waals surface area contributed by atoms with Crippen molar-refractivity contribution < 1.29 is 9.18 Å². The molecule has 1 aromatic carbocycles. The van der Waals surface area contributed by atoms with Crippen molar-refractivity contribution in [1.29, 1.82) is 0 Å². The number of hydrogen-bond donors (Lipinski definition) is 2. The molecule has 0 aliphatic rings. The van der Waals surface area contributed by atoms with Crippen LogP contribution in [0.2, 0.25) is 0 Å². The molecular formula is C17H15FN4O. The summed E-state index contributed by atoms with van der Waals surface area (Å²) in [6.07, 6.45) is 6.94. The predicted molar refractivity (Wildman–Crippen MR) is 86.8 cm³/mol. The lowest BCUT2D eigenvalue weighted by Gasteiger charge is -2.10. The van der Waals surface area contributed by atoms with Gasteiger partial charge in [-0.3, -0.25) is 4.98 Å². The highest BCUT2D eigenvalue weighted by Gasteiger charge is 2.06. The first kappa shape index (κ1) is 14.8. The van der Waals surface area contributed by atoms with Gasteiger partial charge in [-0.2, -0.15) is 0 Å². The molecule has 3 aromatic rings. The zero-order valence-electron chi connectivity index (χ0n) is 12.2. The molecule has 0 aliphatic heterocycles. The maximum Gasteiger partial charge on any atom is 0.323 e. The van der Waals surface area contributed by atoms with Gasteiger partial charge in [0.25, 0.3) is 0 Å². The molecule has 0 saturated carbocycles. The van der Waals surface area contributed by atoms with Gasteiger partial charge in [-0.1, -0.05) is 0 Å². The highest BCUT2D eigenvalue weighted by atomic mass is 19.1. The molecule has 0 radical (unpaired) electrons. The second-order valence-electron chi connectivity index (χ2n) is 5.02. The van der Waals surface area contributed by atoms with E-state index in [4.69, 9.17) is 0 Å². The van der Waals surface area contributed by atoms with Gasteiger partial charge in [0, 0.05) is 30.8 Å². The quantitative estimate of drug-likeness (QED) is 0.771. The Kier molecular flexibility index (Phi) is 4.33. The van der Waals surface area contributed by atoms with Gasteiger partial charge < -0.3 is 15.2 Å². The molecule has 3 rings (SSSR count). The average molecular weight is 310 g/mol. The van der Waals surface area contributed by atoms with E-state index in [1.54, 1.807) is 24.4 Å². The minimum atomic E-state index is -0.449. The number of halogens is 1. The van der Waals surface area contributed by atoms with Crippen LogP contribution in [-0.4, -0.2) is 15.6 Å². The van der Waals surface area contributed by atoms with Crippen LogP contribution in [0.4, 0.5) is 20.6 Å². The fourth-order valence-corrected chi connectivity index (χ4v) is 2.23. The van der Waals surface area contributed by atoms with Crippen LogP contribution in [-0.2, 0) is 6.54 Å². The molecule has 5 nitrogen and oxygen atoms in total. The summed E-state index contributed by atoms with van der Waals surface area (Å²) in [5.74, 6) is -0.397. The van der Waals surface area contributed by atoms with E-state index in [0.29, 0.717) is 17.9 Å². The van der Waals surface area contributed by atoms with Gasteiger partial charge in [0.05, 0.1) is 11.9 Å². The summed E-state index contributed by atoms with van der Waals surface area (Å²) in [6, 6.07) is 11.3. The number of pyridine rings is 1. The van der Waals surface area contributed by atoms with E-state index < -0.39 is 11.8 Å². The lowest BCUT2D eigenvalue weighted by Crippen LogP contribution is -2.19. The Morgan fingerprint density at radius 2 is 1.87 bits per heavy atom. The summed E-state index contributed by atoms with van der Waals surface area (Å²) in [5, 5.41) is 5.26. The molecule has 0 unspecified atom stereocenters. The van der Waals surface area contributed by atoms with Crippen molar-refractivity contribution in [2.45, 2.75) is 6.54 Å². The second kappa shape index (κ2) is 6.74. The summed E-state index contributed by atoms with van der Waals surface area (Å²) in [5.41, 5.74) is 1.72. The van der Waals surface area contributed by atoms with E-state index in [-0.39, 0.29) is 0 Å². The van der Waals surface area contributed by atoms with E-state index >= 15 is 0 Å². The maximum atomic E-state index is 13.7. The lowest BCUT2D eigenvalue weighted by molar-refractivity contribution is 0.262. The summed E-state index contributed by atoms with van der Waals surface area (Å²) in [4.78, 5) is 15.9. The normalized spacial score (nSPS) is 10.3. The van der Waals surface area contributed by atoms with E-state index in [1.165, 1.54) is 18.3 Å². The SMILES string of the molecule is O=C(Nc1cccnc1)Nc1cc(F)cc(Cn2cccc2)c1. The van der Waals surface area contributed by atoms with Crippen molar-refractivity contribution in [1.82, 2.24) is 9.55 Å². The van der Waals surface area contributed by atoms with Crippen LogP contribution < -0.4 is 10.6 Å². The zero-order valence-corrected chi connectivity index (χ0v) is 12.2. The Morgan fingerprint density at radius 1 is 1.09 bits per heavy atom. The number of rotatable bonds is 4. The van der Waals surface area contributed by atoms with Crippen LogP contribution >= 0.6 is 0 Å². The van der Waals surface area contributed by atoms with Crippen molar-refractivity contribution in [2.24, 2.45) is 0 Å². The summed E-state index contributed by atoms with van der Waals surface area (Å²) in [7, 11) is 0. The smallest absolute Gasteiger partial charge is 0.323 e. The topological polar surface area (TPSA) is 59.0 Å². The van der Waals surface area contributed by atoms with E-state index in [1.807, 2.05) is 29.1 Å². The minimum Gasteiger partial charge on any atom is -0.350 e. The Balaban J connectivity index is 1.69. The number of nitrogens with one attached hydrogen (secondary N) is 2. The van der Waals surface area contributed by atoms with Crippen molar-refractivity contribution in [3.63, 3.8) is 0 Å². The third kappa shape index (κ3) is 4.16. The van der Waals surface area contributed by atoms with E-state index in [9.17, 15) is 9.18 Å². The number of nitrogens with zero attached hydrogens (tertiary/aromatic N) is 2. The van der Waals surface area contributed by atoms with Gasteiger partial charge >= 0.3 is 6.03 Å². The molecule has 2 aromatic heterocycles. The third-order valence-corrected chi connectivity index (χ3v) is 3.17. The molecule has 0 saturated heterocycles. The van der Waals surface area contributed by atoms with Crippen LogP contribution in [0, 0.1) is 5.82 Å². The molecule has 116 valence electrons. The number of carbonyl (C=O) groups excluding carboxylic acids is 1. The van der Waals surface area contributed by atoms with Gasteiger partial charge in [0.1, 0.15) is 5.82 Å². The van der Waals surface area contributed by atoms with Gasteiger partial charge in [-0.05, 0) is 48.0 Å². The largest absolute Gasteiger partial charge is 0.350 e. The number of carbonyl (C=O) groups is 1. The highest BCUT2D eigenvalue weighted by molar-refractivity contribution is 5.99. The van der Waals surface area contributed by atoms with Crippen LogP contribution in [0.3, 0.4) is 0 Å².